The molecule has 0 saturated heterocycles. The zero-order valence-electron chi connectivity index (χ0n) is 21.1. The Kier molecular flexibility index (Phi) is 15.3. The first kappa shape index (κ1) is 35.0. The van der Waals surface area contributed by atoms with Gasteiger partial charge in [0.05, 0.1) is 59.5 Å². The molecular weight excluding hydrogens is 498 g/mol. The summed E-state index contributed by atoms with van der Waals surface area (Å²) < 4.78 is 0. The number of nitrogens with one attached hydrogen (secondary N) is 3. The molecule has 0 saturated carbocycles. The van der Waals surface area contributed by atoms with Gasteiger partial charge in [-0.2, -0.15) is 0 Å². The highest BCUT2D eigenvalue weighted by Gasteiger charge is 2.56. The fourth-order valence-electron chi connectivity index (χ4n) is 3.32. The average Bonchev–Trinajstić information content (AvgIpc) is 2.93. The number of unbranched alkanes of at least 4 members (excludes halogenated alkanes) is 3. The number of carbonyl (C=O) groups excluding carboxylic acids is 3. The molecule has 0 fully saturated rings. The van der Waals surface area contributed by atoms with Crippen molar-refractivity contribution in [2.75, 3.05) is 59.5 Å². The van der Waals surface area contributed by atoms with Gasteiger partial charge in [-0.15, -0.1) is 0 Å². The Morgan fingerprint density at radius 1 is 0.486 bits per heavy atom. The van der Waals surface area contributed by atoms with Crippen molar-refractivity contribution in [2.45, 2.75) is 55.6 Å². The van der Waals surface area contributed by atoms with E-state index in [9.17, 15) is 60.3 Å². The number of amides is 3. The highest BCUT2D eigenvalue weighted by atomic mass is 16.3. The van der Waals surface area contributed by atoms with Gasteiger partial charge < -0.3 is 61.9 Å². The molecule has 12 N–H and O–H groups in total. The summed E-state index contributed by atoms with van der Waals surface area (Å²) in [7, 11) is 0. The highest BCUT2D eigenvalue weighted by molar-refractivity contribution is 6.23. The first-order valence-electron chi connectivity index (χ1n) is 12.0. The van der Waals surface area contributed by atoms with Gasteiger partial charge in [-0.25, -0.2) is 0 Å². The van der Waals surface area contributed by atoms with E-state index in [0.29, 0.717) is 12.8 Å². The van der Waals surface area contributed by atoms with E-state index in [1.54, 1.807) is 0 Å². The largest absolute Gasteiger partial charge is 0.394 e. The summed E-state index contributed by atoms with van der Waals surface area (Å²) in [6.07, 6.45) is 1.39. The van der Waals surface area contributed by atoms with Crippen LogP contribution in [0.3, 0.4) is 0 Å². The zero-order chi connectivity index (χ0) is 28.8. The molecule has 0 aliphatic carbocycles. The predicted molar refractivity (Wildman–Crippen MR) is 128 cm³/mol. The molecule has 0 atom stereocenters. The summed E-state index contributed by atoms with van der Waals surface area (Å²) in [6, 6.07) is 0. The third kappa shape index (κ3) is 8.27. The second-order valence-corrected chi connectivity index (χ2v) is 9.34. The van der Waals surface area contributed by atoms with E-state index in [1.807, 2.05) is 6.92 Å². The van der Waals surface area contributed by atoms with Crippen molar-refractivity contribution in [3.8, 4) is 0 Å². The van der Waals surface area contributed by atoms with Gasteiger partial charge in [0.15, 0.2) is 0 Å². The first-order chi connectivity index (χ1) is 17.5. The van der Waals surface area contributed by atoms with Crippen LogP contribution in [0, 0.1) is 5.41 Å². The maximum Gasteiger partial charge on any atom is 0.246 e. The summed E-state index contributed by atoms with van der Waals surface area (Å²) in [4.78, 5) is 41.0. The van der Waals surface area contributed by atoms with Crippen LogP contribution in [0.5, 0.6) is 0 Å². The van der Waals surface area contributed by atoms with Crippen LogP contribution in [0.25, 0.3) is 0 Å². The van der Waals surface area contributed by atoms with Crippen molar-refractivity contribution in [1.82, 2.24) is 16.0 Å². The molecule has 0 aromatic rings. The van der Waals surface area contributed by atoms with Gasteiger partial charge in [-0.3, -0.25) is 14.4 Å². The SMILES string of the molecule is CCCCCCC(C(=O)NC(CO)(CO)CO)(C(=O)NC(CO)(CO)CO)C(=O)NC(CO)(CO)CO. The summed E-state index contributed by atoms with van der Waals surface area (Å²) in [5.74, 6) is -4.25. The van der Waals surface area contributed by atoms with E-state index in [0.717, 1.165) is 6.42 Å². The topological polar surface area (TPSA) is 269 Å². The number of carbonyl (C=O) groups is 3. The number of hydrogen-bond donors (Lipinski definition) is 12. The van der Waals surface area contributed by atoms with E-state index in [4.69, 9.17) is 0 Å². The molecule has 0 aromatic heterocycles. The normalized spacial score (nSPS) is 12.8. The third-order valence-electron chi connectivity index (χ3n) is 6.43. The zero-order valence-corrected chi connectivity index (χ0v) is 21.1. The van der Waals surface area contributed by atoms with Crippen LogP contribution in [0.2, 0.25) is 0 Å². The van der Waals surface area contributed by atoms with Crippen molar-refractivity contribution in [1.29, 1.82) is 0 Å². The Balaban J connectivity index is 6.96. The molecule has 37 heavy (non-hydrogen) atoms. The number of aliphatic hydroxyl groups excluding tert-OH is 9. The predicted octanol–water partition coefficient (Wildman–Crippen LogP) is -5.56. The fraction of sp³-hybridized carbons (Fsp3) is 0.864. The van der Waals surface area contributed by atoms with Gasteiger partial charge in [-0.05, 0) is 6.42 Å². The third-order valence-corrected chi connectivity index (χ3v) is 6.43. The Morgan fingerprint density at radius 3 is 0.973 bits per heavy atom. The molecule has 3 amide bonds. The standard InChI is InChI=1S/C22H43N3O12/c1-2-3-4-5-6-22(16(35)23-19(7-26,8-27)9-28,17(36)24-20(10-29,11-30)12-31)18(37)25-21(13-32,14-33)15-34/h26-34H,2-15H2,1H3,(H,23,35)(H,24,36)(H,25,37). The molecule has 15 heteroatoms. The Bertz CT molecular complexity index is 601. The van der Waals surface area contributed by atoms with Crippen molar-refractivity contribution in [3.05, 3.63) is 0 Å². The van der Waals surface area contributed by atoms with Gasteiger partial charge in [-0.1, -0.05) is 32.6 Å². The fourth-order valence-corrected chi connectivity index (χ4v) is 3.32. The van der Waals surface area contributed by atoms with E-state index in [1.165, 1.54) is 0 Å². The van der Waals surface area contributed by atoms with E-state index in [-0.39, 0.29) is 6.42 Å². The monoisotopic (exact) mass is 541 g/mol. The Labute approximate surface area is 215 Å². The summed E-state index contributed by atoms with van der Waals surface area (Å²) in [6.45, 7) is -7.09. The van der Waals surface area contributed by atoms with Crippen LogP contribution in [-0.4, -0.2) is 140 Å². The lowest BCUT2D eigenvalue weighted by atomic mass is 9.77. The number of aliphatic hydroxyl groups is 9. The van der Waals surface area contributed by atoms with E-state index in [2.05, 4.69) is 16.0 Å². The van der Waals surface area contributed by atoms with Gasteiger partial charge >= 0.3 is 0 Å². The minimum atomic E-state index is -2.81. The van der Waals surface area contributed by atoms with Gasteiger partial charge in [0.1, 0.15) is 16.6 Å². The maximum atomic E-state index is 13.7. The molecule has 0 aromatic carbocycles. The first-order valence-corrected chi connectivity index (χ1v) is 12.0. The molecule has 0 unspecified atom stereocenters. The lowest BCUT2D eigenvalue weighted by molar-refractivity contribution is -0.158. The smallest absolute Gasteiger partial charge is 0.246 e. The van der Waals surface area contributed by atoms with Crippen LogP contribution in [-0.2, 0) is 14.4 Å². The minimum Gasteiger partial charge on any atom is -0.394 e. The molecule has 15 nitrogen and oxygen atoms in total. The lowest BCUT2D eigenvalue weighted by Gasteiger charge is -2.40. The van der Waals surface area contributed by atoms with Crippen LogP contribution in [0.4, 0.5) is 0 Å². The second kappa shape index (κ2) is 16.1. The van der Waals surface area contributed by atoms with E-state index < -0.39 is 106 Å². The molecular formula is C22H43N3O12. The maximum absolute atomic E-state index is 13.7. The average molecular weight is 542 g/mol. The molecule has 0 heterocycles. The van der Waals surface area contributed by atoms with Crippen molar-refractivity contribution in [3.63, 3.8) is 0 Å². The number of rotatable bonds is 20. The Morgan fingerprint density at radius 2 is 0.757 bits per heavy atom. The van der Waals surface area contributed by atoms with Crippen LogP contribution < -0.4 is 16.0 Å². The summed E-state index contributed by atoms with van der Waals surface area (Å²) in [5, 5.41) is 93.5. The lowest BCUT2D eigenvalue weighted by Crippen LogP contribution is -2.71. The van der Waals surface area contributed by atoms with Crippen molar-refractivity contribution in [2.24, 2.45) is 5.41 Å². The van der Waals surface area contributed by atoms with Gasteiger partial charge in [0.25, 0.3) is 0 Å². The molecule has 0 aliphatic rings. The molecule has 0 radical (unpaired) electrons. The Hall–Kier alpha value is -1.95. The van der Waals surface area contributed by atoms with Crippen molar-refractivity contribution < 1.29 is 60.3 Å². The molecule has 0 bridgehead atoms. The van der Waals surface area contributed by atoms with Crippen LogP contribution >= 0.6 is 0 Å². The molecule has 0 aliphatic heterocycles. The summed E-state index contributed by atoms with van der Waals surface area (Å²) >= 11 is 0. The molecule has 218 valence electrons. The van der Waals surface area contributed by atoms with Crippen LogP contribution in [0.15, 0.2) is 0 Å². The highest BCUT2D eigenvalue weighted by Crippen LogP contribution is 2.30. The minimum absolute atomic E-state index is 0.0845. The summed E-state index contributed by atoms with van der Waals surface area (Å²) in [5.41, 5.74) is -9.03. The van der Waals surface area contributed by atoms with Gasteiger partial charge in [0.2, 0.25) is 23.1 Å². The molecule has 0 spiro atoms. The van der Waals surface area contributed by atoms with Crippen LogP contribution in [0.1, 0.15) is 39.0 Å². The second-order valence-electron chi connectivity index (χ2n) is 9.34. The van der Waals surface area contributed by atoms with E-state index >= 15 is 0 Å². The van der Waals surface area contributed by atoms with Crippen molar-refractivity contribution >= 4 is 17.7 Å². The quantitative estimate of drug-likeness (QED) is 0.0508. The number of hydrogen-bond acceptors (Lipinski definition) is 12. The molecule has 0 rings (SSSR count). The van der Waals surface area contributed by atoms with Gasteiger partial charge in [0, 0.05) is 0 Å².